The number of ether oxygens (including phenoxy) is 3. The first-order valence-electron chi connectivity index (χ1n) is 9.98. The first kappa shape index (κ1) is 18.5. The molecule has 2 saturated heterocycles. The minimum atomic E-state index is -0.0388. The van der Waals surface area contributed by atoms with E-state index in [1.165, 1.54) is 0 Å². The molecule has 4 rings (SSSR count). The Morgan fingerprint density at radius 2 is 1.70 bits per heavy atom. The van der Waals surface area contributed by atoms with Crippen molar-refractivity contribution < 1.29 is 19.0 Å². The molecule has 1 N–H and O–H groups in total. The Morgan fingerprint density at radius 3 is 2.48 bits per heavy atom. The van der Waals surface area contributed by atoms with Gasteiger partial charge in [-0.05, 0) is 50.0 Å². The predicted octanol–water partition coefficient (Wildman–Crippen LogP) is 1.19. The van der Waals surface area contributed by atoms with Crippen LogP contribution in [0.3, 0.4) is 0 Å². The van der Waals surface area contributed by atoms with Crippen molar-refractivity contribution in [2.45, 2.75) is 12.8 Å². The lowest BCUT2D eigenvalue weighted by molar-refractivity contribution is 0.0314. The van der Waals surface area contributed by atoms with Crippen LogP contribution in [-0.4, -0.2) is 81.5 Å². The van der Waals surface area contributed by atoms with Crippen LogP contribution >= 0.6 is 0 Å². The van der Waals surface area contributed by atoms with Gasteiger partial charge < -0.3 is 24.4 Å². The van der Waals surface area contributed by atoms with E-state index in [9.17, 15) is 4.79 Å². The summed E-state index contributed by atoms with van der Waals surface area (Å²) in [5.41, 5.74) is 0.627. The van der Waals surface area contributed by atoms with Gasteiger partial charge in [0.1, 0.15) is 0 Å². The number of nitrogens with zero attached hydrogens (tertiary/aromatic N) is 2. The van der Waals surface area contributed by atoms with E-state index in [-0.39, 0.29) is 12.7 Å². The van der Waals surface area contributed by atoms with Gasteiger partial charge >= 0.3 is 0 Å². The molecule has 2 fully saturated rings. The second-order valence-electron chi connectivity index (χ2n) is 7.52. The van der Waals surface area contributed by atoms with Crippen molar-refractivity contribution in [2.75, 3.05) is 65.8 Å². The lowest BCUT2D eigenvalue weighted by Gasteiger charge is -2.34. The Labute approximate surface area is 160 Å². The topological polar surface area (TPSA) is 63.3 Å². The zero-order chi connectivity index (χ0) is 18.5. The van der Waals surface area contributed by atoms with Crippen LogP contribution in [-0.2, 0) is 4.74 Å². The van der Waals surface area contributed by atoms with E-state index in [1.807, 2.05) is 0 Å². The number of nitrogens with one attached hydrogen (secondary N) is 1. The molecule has 3 aliphatic heterocycles. The molecule has 0 aliphatic carbocycles. The zero-order valence-corrected chi connectivity index (χ0v) is 15.8. The minimum absolute atomic E-state index is 0.0388. The summed E-state index contributed by atoms with van der Waals surface area (Å²) in [5, 5.41) is 3.08. The average molecular weight is 375 g/mol. The van der Waals surface area contributed by atoms with E-state index < -0.39 is 0 Å². The molecule has 1 aromatic carbocycles. The number of hydrogen-bond donors (Lipinski definition) is 1. The number of carbonyl (C=O) groups is 1. The fourth-order valence-electron chi connectivity index (χ4n) is 3.90. The lowest BCUT2D eigenvalue weighted by atomic mass is 9.96. The molecule has 0 unspecified atom stereocenters. The molecule has 3 aliphatic rings. The first-order chi connectivity index (χ1) is 13.3. The standard InChI is InChI=1S/C20H29N3O4/c24-20(17-1-2-18-19(13-17)27-15-26-18)21-14-16-3-5-22(6-4-16)7-8-23-9-11-25-12-10-23/h1-2,13,16H,3-12,14-15H2,(H,21,24). The maximum atomic E-state index is 12.4. The van der Waals surface area contributed by atoms with Gasteiger partial charge in [-0.15, -0.1) is 0 Å². The molecule has 1 aromatic rings. The van der Waals surface area contributed by atoms with Crippen LogP contribution in [0.25, 0.3) is 0 Å². The minimum Gasteiger partial charge on any atom is -0.454 e. The second-order valence-corrected chi connectivity index (χ2v) is 7.52. The third kappa shape index (κ3) is 4.91. The highest BCUT2D eigenvalue weighted by atomic mass is 16.7. The molecular formula is C20H29N3O4. The van der Waals surface area contributed by atoms with Gasteiger partial charge in [-0.2, -0.15) is 0 Å². The summed E-state index contributed by atoms with van der Waals surface area (Å²) in [6.07, 6.45) is 2.29. The summed E-state index contributed by atoms with van der Waals surface area (Å²) in [6, 6.07) is 5.34. The van der Waals surface area contributed by atoms with Crippen molar-refractivity contribution in [2.24, 2.45) is 5.92 Å². The van der Waals surface area contributed by atoms with E-state index in [4.69, 9.17) is 14.2 Å². The molecule has 148 valence electrons. The van der Waals surface area contributed by atoms with Crippen LogP contribution < -0.4 is 14.8 Å². The highest BCUT2D eigenvalue weighted by Crippen LogP contribution is 2.32. The fourth-order valence-corrected chi connectivity index (χ4v) is 3.90. The van der Waals surface area contributed by atoms with E-state index in [1.54, 1.807) is 18.2 Å². The van der Waals surface area contributed by atoms with Crippen LogP contribution in [0, 0.1) is 5.92 Å². The van der Waals surface area contributed by atoms with Crippen molar-refractivity contribution in [1.82, 2.24) is 15.1 Å². The van der Waals surface area contributed by atoms with Crippen LogP contribution in [0.1, 0.15) is 23.2 Å². The van der Waals surface area contributed by atoms with Gasteiger partial charge in [0.2, 0.25) is 6.79 Å². The third-order valence-electron chi connectivity index (χ3n) is 5.73. The van der Waals surface area contributed by atoms with Crippen LogP contribution in [0.5, 0.6) is 11.5 Å². The Balaban J connectivity index is 1.15. The van der Waals surface area contributed by atoms with Crippen molar-refractivity contribution >= 4 is 5.91 Å². The molecule has 0 bridgehead atoms. The van der Waals surface area contributed by atoms with Gasteiger partial charge in [-0.3, -0.25) is 9.69 Å². The maximum absolute atomic E-state index is 12.4. The molecule has 0 atom stereocenters. The Bertz CT molecular complexity index is 640. The van der Waals surface area contributed by atoms with Crippen molar-refractivity contribution in [3.63, 3.8) is 0 Å². The monoisotopic (exact) mass is 375 g/mol. The summed E-state index contributed by atoms with van der Waals surface area (Å²) in [6.45, 7) is 9.32. The van der Waals surface area contributed by atoms with Crippen LogP contribution in [0.4, 0.5) is 0 Å². The average Bonchev–Trinajstić information content (AvgIpc) is 3.20. The van der Waals surface area contributed by atoms with Crippen molar-refractivity contribution in [1.29, 1.82) is 0 Å². The van der Waals surface area contributed by atoms with Gasteiger partial charge in [0.15, 0.2) is 11.5 Å². The van der Waals surface area contributed by atoms with E-state index in [0.717, 1.165) is 71.9 Å². The zero-order valence-electron chi connectivity index (χ0n) is 15.8. The molecule has 0 radical (unpaired) electrons. The summed E-state index contributed by atoms with van der Waals surface area (Å²) in [5.74, 6) is 1.87. The molecule has 3 heterocycles. The number of benzene rings is 1. The van der Waals surface area contributed by atoms with Crippen molar-refractivity contribution in [3.8, 4) is 11.5 Å². The van der Waals surface area contributed by atoms with Crippen LogP contribution in [0.2, 0.25) is 0 Å². The second kappa shape index (κ2) is 8.91. The highest BCUT2D eigenvalue weighted by Gasteiger charge is 2.21. The third-order valence-corrected chi connectivity index (χ3v) is 5.73. The highest BCUT2D eigenvalue weighted by molar-refractivity contribution is 5.94. The number of carbonyl (C=O) groups excluding carboxylic acids is 1. The Kier molecular flexibility index (Phi) is 6.11. The van der Waals surface area contributed by atoms with Gasteiger partial charge in [0.25, 0.3) is 5.91 Å². The van der Waals surface area contributed by atoms with E-state index in [2.05, 4.69) is 15.1 Å². The number of morpholine rings is 1. The largest absolute Gasteiger partial charge is 0.454 e. The SMILES string of the molecule is O=C(NCC1CCN(CCN2CCOCC2)CC1)c1ccc2c(c1)OCO2. The number of hydrogen-bond acceptors (Lipinski definition) is 6. The van der Waals surface area contributed by atoms with Gasteiger partial charge in [-0.25, -0.2) is 0 Å². The molecule has 0 saturated carbocycles. The summed E-state index contributed by atoms with van der Waals surface area (Å²) in [7, 11) is 0. The Hall–Kier alpha value is -1.83. The van der Waals surface area contributed by atoms with Gasteiger partial charge in [0.05, 0.1) is 13.2 Å². The first-order valence-corrected chi connectivity index (χ1v) is 9.98. The summed E-state index contributed by atoms with van der Waals surface area (Å²) < 4.78 is 16.0. The normalized spacial score (nSPS) is 21.3. The number of fused-ring (bicyclic) bond motifs is 1. The smallest absolute Gasteiger partial charge is 0.251 e. The summed E-state index contributed by atoms with van der Waals surface area (Å²) in [4.78, 5) is 17.4. The number of likely N-dealkylation sites (tertiary alicyclic amines) is 1. The number of rotatable bonds is 6. The number of piperidine rings is 1. The molecule has 7 nitrogen and oxygen atoms in total. The van der Waals surface area contributed by atoms with Gasteiger partial charge in [0, 0.05) is 38.3 Å². The Morgan fingerprint density at radius 1 is 1.00 bits per heavy atom. The molecule has 1 amide bonds. The quantitative estimate of drug-likeness (QED) is 0.806. The number of amides is 1. The van der Waals surface area contributed by atoms with Crippen molar-refractivity contribution in [3.05, 3.63) is 23.8 Å². The van der Waals surface area contributed by atoms with E-state index in [0.29, 0.717) is 23.0 Å². The van der Waals surface area contributed by atoms with E-state index >= 15 is 0 Å². The summed E-state index contributed by atoms with van der Waals surface area (Å²) >= 11 is 0. The van der Waals surface area contributed by atoms with Gasteiger partial charge in [-0.1, -0.05) is 0 Å². The molecule has 27 heavy (non-hydrogen) atoms. The lowest BCUT2D eigenvalue weighted by Crippen LogP contribution is -2.44. The maximum Gasteiger partial charge on any atom is 0.251 e. The molecule has 0 aromatic heterocycles. The molecular weight excluding hydrogens is 346 g/mol. The molecule has 0 spiro atoms. The fraction of sp³-hybridized carbons (Fsp3) is 0.650. The predicted molar refractivity (Wildman–Crippen MR) is 101 cm³/mol. The van der Waals surface area contributed by atoms with Crippen LogP contribution in [0.15, 0.2) is 18.2 Å². The molecule has 7 heteroatoms.